The van der Waals surface area contributed by atoms with Crippen LogP contribution in [-0.4, -0.2) is 65.0 Å². The average molecular weight is 553 g/mol. The topological polar surface area (TPSA) is 95.3 Å². The van der Waals surface area contributed by atoms with E-state index in [2.05, 4.69) is 40.9 Å². The second-order valence-corrected chi connectivity index (χ2v) is 6.99. The molecule has 1 unspecified atom stereocenters. The number of aryl methyl sites for hydroxylation is 1. The normalized spacial score (nSPS) is 17.1. The highest BCUT2D eigenvalue weighted by molar-refractivity contribution is 14.0. The lowest BCUT2D eigenvalue weighted by Gasteiger charge is -2.34. The van der Waals surface area contributed by atoms with E-state index in [0.29, 0.717) is 19.0 Å². The third-order valence-corrected chi connectivity index (χ3v) is 4.69. The highest BCUT2D eigenvalue weighted by Crippen LogP contribution is 2.27. The van der Waals surface area contributed by atoms with E-state index in [1.165, 1.54) is 0 Å². The number of anilines is 2. The van der Waals surface area contributed by atoms with Gasteiger partial charge in [-0.25, -0.2) is 9.97 Å². The van der Waals surface area contributed by atoms with Crippen LogP contribution >= 0.6 is 24.0 Å². The molecule has 1 atom stereocenters. The SMILES string of the molecule is CN=C(NCCNc1nccc(C(F)(F)F)n1)NC1CCCN(c2cnn(C)c2)C1.I. The van der Waals surface area contributed by atoms with Crippen molar-refractivity contribution in [3.8, 4) is 0 Å². The van der Waals surface area contributed by atoms with Gasteiger partial charge in [-0.05, 0) is 18.9 Å². The van der Waals surface area contributed by atoms with Crippen molar-refractivity contribution < 1.29 is 13.2 Å². The van der Waals surface area contributed by atoms with Gasteiger partial charge in [0.2, 0.25) is 5.95 Å². The van der Waals surface area contributed by atoms with Crippen LogP contribution in [0.5, 0.6) is 0 Å². The van der Waals surface area contributed by atoms with Gasteiger partial charge in [-0.15, -0.1) is 24.0 Å². The first-order valence-electron chi connectivity index (χ1n) is 9.70. The minimum Gasteiger partial charge on any atom is -0.367 e. The fourth-order valence-electron chi connectivity index (χ4n) is 3.25. The van der Waals surface area contributed by atoms with Crippen molar-refractivity contribution >= 4 is 41.6 Å². The lowest BCUT2D eigenvalue weighted by Crippen LogP contribution is -2.51. The fourth-order valence-corrected chi connectivity index (χ4v) is 3.25. The standard InChI is InChI=1S/C18H26F3N9.HI/c1-22-16(24-7-8-25-17-23-6-5-15(28-17)18(19,20)21)27-13-4-3-9-30(11-13)14-10-26-29(2)12-14;/h5-6,10,12-13H,3-4,7-9,11H2,1-2H3,(H2,22,24,27)(H,23,25,28);1H. The van der Waals surface area contributed by atoms with Gasteiger partial charge in [-0.3, -0.25) is 9.67 Å². The largest absolute Gasteiger partial charge is 0.433 e. The monoisotopic (exact) mass is 553 g/mol. The van der Waals surface area contributed by atoms with Gasteiger partial charge in [0.05, 0.1) is 11.9 Å². The van der Waals surface area contributed by atoms with Gasteiger partial charge in [-0.1, -0.05) is 0 Å². The number of alkyl halides is 3. The first kappa shape index (κ1) is 24.9. The lowest BCUT2D eigenvalue weighted by molar-refractivity contribution is -0.141. The van der Waals surface area contributed by atoms with Gasteiger partial charge in [0.15, 0.2) is 5.96 Å². The second kappa shape index (κ2) is 11.3. The van der Waals surface area contributed by atoms with Gasteiger partial charge in [0, 0.05) is 58.7 Å². The number of hydrogen-bond donors (Lipinski definition) is 3. The maximum atomic E-state index is 12.7. The molecule has 9 nitrogen and oxygen atoms in total. The predicted octanol–water partition coefficient (Wildman–Crippen LogP) is 2.09. The summed E-state index contributed by atoms with van der Waals surface area (Å²) in [6.45, 7) is 2.60. The Balaban J connectivity index is 0.00000341. The molecule has 0 radical (unpaired) electrons. The van der Waals surface area contributed by atoms with Crippen LogP contribution in [0.25, 0.3) is 0 Å². The molecular formula is C18H27F3IN9. The first-order chi connectivity index (χ1) is 14.3. The van der Waals surface area contributed by atoms with Gasteiger partial charge in [0.25, 0.3) is 0 Å². The molecule has 0 saturated carbocycles. The summed E-state index contributed by atoms with van der Waals surface area (Å²) in [4.78, 5) is 13.8. The van der Waals surface area contributed by atoms with Crippen LogP contribution in [0.2, 0.25) is 0 Å². The van der Waals surface area contributed by atoms with Crippen LogP contribution in [0.3, 0.4) is 0 Å². The van der Waals surface area contributed by atoms with Gasteiger partial charge >= 0.3 is 6.18 Å². The van der Waals surface area contributed by atoms with Crippen LogP contribution in [-0.2, 0) is 13.2 Å². The van der Waals surface area contributed by atoms with Crippen molar-refractivity contribution in [2.75, 3.05) is 43.4 Å². The van der Waals surface area contributed by atoms with Crippen molar-refractivity contribution in [3.05, 3.63) is 30.4 Å². The number of aliphatic imine (C=N–C) groups is 1. The number of nitrogens with one attached hydrogen (secondary N) is 3. The molecule has 3 heterocycles. The van der Waals surface area contributed by atoms with Crippen LogP contribution in [0.1, 0.15) is 18.5 Å². The molecule has 0 aliphatic carbocycles. The van der Waals surface area contributed by atoms with Crippen molar-refractivity contribution in [3.63, 3.8) is 0 Å². The molecule has 3 rings (SSSR count). The zero-order valence-corrected chi connectivity index (χ0v) is 19.7. The number of rotatable bonds is 6. The van der Waals surface area contributed by atoms with Crippen molar-refractivity contribution in [2.45, 2.75) is 25.1 Å². The van der Waals surface area contributed by atoms with Crippen molar-refractivity contribution in [1.82, 2.24) is 30.4 Å². The Bertz CT molecular complexity index is 856. The predicted molar refractivity (Wildman–Crippen MR) is 124 cm³/mol. The number of halogens is 4. The molecule has 3 N–H and O–H groups in total. The summed E-state index contributed by atoms with van der Waals surface area (Å²) in [5.41, 5.74) is 0.123. The summed E-state index contributed by atoms with van der Waals surface area (Å²) in [6.07, 6.45) is 2.52. The zero-order valence-electron chi connectivity index (χ0n) is 17.4. The summed E-state index contributed by atoms with van der Waals surface area (Å²) in [6, 6.07) is 1.07. The summed E-state index contributed by atoms with van der Waals surface area (Å²) < 4.78 is 39.9. The third-order valence-electron chi connectivity index (χ3n) is 4.69. The molecule has 2 aromatic heterocycles. The smallest absolute Gasteiger partial charge is 0.367 e. The van der Waals surface area contributed by atoms with E-state index in [4.69, 9.17) is 0 Å². The molecule has 1 saturated heterocycles. The molecular weight excluding hydrogens is 526 g/mol. The highest BCUT2D eigenvalue weighted by atomic mass is 127. The summed E-state index contributed by atoms with van der Waals surface area (Å²) >= 11 is 0. The van der Waals surface area contributed by atoms with Gasteiger partial charge in [-0.2, -0.15) is 18.3 Å². The molecule has 1 fully saturated rings. The number of guanidine groups is 1. The Morgan fingerprint density at radius 1 is 1.32 bits per heavy atom. The van der Waals surface area contributed by atoms with E-state index in [0.717, 1.165) is 43.9 Å². The highest BCUT2D eigenvalue weighted by Gasteiger charge is 2.32. The van der Waals surface area contributed by atoms with Crippen LogP contribution < -0.4 is 20.9 Å². The van der Waals surface area contributed by atoms with E-state index in [9.17, 15) is 13.2 Å². The summed E-state index contributed by atoms with van der Waals surface area (Å²) in [7, 11) is 3.58. The molecule has 1 aliphatic rings. The summed E-state index contributed by atoms with van der Waals surface area (Å²) in [5, 5.41) is 13.6. The quantitative estimate of drug-likeness (QED) is 0.218. The molecule has 2 aromatic rings. The van der Waals surface area contributed by atoms with Crippen LogP contribution in [0.15, 0.2) is 29.6 Å². The number of piperidine rings is 1. The molecule has 0 aromatic carbocycles. The molecule has 13 heteroatoms. The molecule has 0 bridgehead atoms. The Hall–Kier alpha value is -2.32. The van der Waals surface area contributed by atoms with E-state index in [1.807, 2.05) is 19.4 Å². The van der Waals surface area contributed by atoms with E-state index in [-0.39, 0.29) is 36.0 Å². The Kier molecular flexibility index (Phi) is 9.13. The Morgan fingerprint density at radius 2 is 2.13 bits per heavy atom. The van der Waals surface area contributed by atoms with Crippen molar-refractivity contribution in [1.29, 1.82) is 0 Å². The third kappa shape index (κ3) is 7.40. The minimum absolute atomic E-state index is 0. The van der Waals surface area contributed by atoms with E-state index >= 15 is 0 Å². The molecule has 172 valence electrons. The Morgan fingerprint density at radius 3 is 2.81 bits per heavy atom. The average Bonchev–Trinajstić information content (AvgIpc) is 3.16. The Labute approximate surface area is 195 Å². The number of hydrogen-bond acceptors (Lipinski definition) is 6. The van der Waals surface area contributed by atoms with Crippen LogP contribution in [0.4, 0.5) is 24.8 Å². The van der Waals surface area contributed by atoms with Gasteiger partial charge < -0.3 is 20.9 Å². The molecule has 31 heavy (non-hydrogen) atoms. The zero-order chi connectivity index (χ0) is 21.6. The lowest BCUT2D eigenvalue weighted by atomic mass is 10.1. The van der Waals surface area contributed by atoms with Crippen LogP contribution in [0, 0.1) is 0 Å². The fraction of sp³-hybridized carbons (Fsp3) is 0.556. The summed E-state index contributed by atoms with van der Waals surface area (Å²) in [5.74, 6) is 0.578. The minimum atomic E-state index is -4.49. The number of nitrogens with zero attached hydrogens (tertiary/aromatic N) is 6. The first-order valence-corrected chi connectivity index (χ1v) is 9.70. The van der Waals surface area contributed by atoms with E-state index in [1.54, 1.807) is 11.7 Å². The van der Waals surface area contributed by atoms with Gasteiger partial charge in [0.1, 0.15) is 5.69 Å². The molecule has 1 aliphatic heterocycles. The molecule has 0 amide bonds. The van der Waals surface area contributed by atoms with Crippen molar-refractivity contribution in [2.24, 2.45) is 12.0 Å². The maximum Gasteiger partial charge on any atom is 0.433 e. The maximum absolute atomic E-state index is 12.7. The number of aromatic nitrogens is 4. The van der Waals surface area contributed by atoms with E-state index < -0.39 is 11.9 Å². The second-order valence-electron chi connectivity index (χ2n) is 6.99. The molecule has 0 spiro atoms.